The number of aliphatic carboxylic acids is 1. The molecule has 0 aromatic heterocycles. The number of hydrogen-bond donors (Lipinski definition) is 2. The fraction of sp³-hybridized carbons (Fsp3) is 0.273. The molecule has 2 N–H and O–H groups in total. The molecule has 1 aromatic carbocycles. The first-order chi connectivity index (χ1) is 8.40. The fourth-order valence-corrected chi connectivity index (χ4v) is 1.48. The number of benzene rings is 1. The average molecular weight is 252 g/mol. The van der Waals surface area contributed by atoms with Crippen molar-refractivity contribution in [1.29, 1.82) is 0 Å². The summed E-state index contributed by atoms with van der Waals surface area (Å²) in [5.74, 6) is -1.65. The van der Waals surface area contributed by atoms with Crippen molar-refractivity contribution >= 4 is 17.6 Å². The molecule has 7 nitrogen and oxygen atoms in total. The van der Waals surface area contributed by atoms with Crippen molar-refractivity contribution in [2.75, 3.05) is 0 Å². The zero-order valence-corrected chi connectivity index (χ0v) is 9.62. The molecule has 0 unspecified atom stereocenters. The molecule has 0 aliphatic rings. The maximum absolute atomic E-state index is 10.9. The van der Waals surface area contributed by atoms with E-state index in [-0.39, 0.29) is 12.1 Å². The van der Waals surface area contributed by atoms with Crippen LogP contribution in [0.1, 0.15) is 12.5 Å². The number of rotatable bonds is 5. The Morgan fingerprint density at radius 3 is 2.67 bits per heavy atom. The quantitative estimate of drug-likeness (QED) is 0.592. The highest BCUT2D eigenvalue weighted by Gasteiger charge is 2.19. The minimum Gasteiger partial charge on any atom is -0.480 e. The number of carboxylic acid groups (broad SMARTS) is 1. The highest BCUT2D eigenvalue weighted by Crippen LogP contribution is 2.14. The van der Waals surface area contributed by atoms with E-state index in [0.717, 1.165) is 0 Å². The summed E-state index contributed by atoms with van der Waals surface area (Å²) in [7, 11) is 0. The smallest absolute Gasteiger partial charge is 0.326 e. The Bertz CT molecular complexity index is 486. The van der Waals surface area contributed by atoms with Crippen LogP contribution in [0, 0.1) is 10.1 Å². The average Bonchev–Trinajstić information content (AvgIpc) is 2.27. The summed E-state index contributed by atoms with van der Waals surface area (Å²) in [4.78, 5) is 31.8. The van der Waals surface area contributed by atoms with Crippen molar-refractivity contribution < 1.29 is 19.6 Å². The third kappa shape index (κ3) is 3.85. The van der Waals surface area contributed by atoms with Gasteiger partial charge in [0.1, 0.15) is 6.04 Å². The summed E-state index contributed by atoms with van der Waals surface area (Å²) in [6, 6.07) is 4.56. The molecule has 1 amide bonds. The first-order valence-corrected chi connectivity index (χ1v) is 5.13. The fourth-order valence-electron chi connectivity index (χ4n) is 1.48. The van der Waals surface area contributed by atoms with Gasteiger partial charge in [-0.1, -0.05) is 12.1 Å². The summed E-state index contributed by atoms with van der Waals surface area (Å²) in [6.45, 7) is 1.21. The van der Waals surface area contributed by atoms with E-state index in [9.17, 15) is 19.7 Å². The van der Waals surface area contributed by atoms with Crippen LogP contribution in [-0.4, -0.2) is 27.9 Å². The highest BCUT2D eigenvalue weighted by molar-refractivity contribution is 5.82. The van der Waals surface area contributed by atoms with Gasteiger partial charge in [-0.15, -0.1) is 0 Å². The van der Waals surface area contributed by atoms with E-state index in [2.05, 4.69) is 5.32 Å². The predicted molar refractivity (Wildman–Crippen MR) is 62.0 cm³/mol. The number of amides is 1. The second kappa shape index (κ2) is 5.76. The number of nitro groups is 1. The lowest BCUT2D eigenvalue weighted by atomic mass is 10.1. The number of carbonyl (C=O) groups excluding carboxylic acids is 1. The largest absolute Gasteiger partial charge is 0.480 e. The van der Waals surface area contributed by atoms with E-state index in [1.165, 1.54) is 25.1 Å². The van der Waals surface area contributed by atoms with E-state index in [4.69, 9.17) is 5.11 Å². The lowest BCUT2D eigenvalue weighted by molar-refractivity contribution is -0.384. The van der Waals surface area contributed by atoms with Gasteiger partial charge in [-0.2, -0.15) is 0 Å². The molecule has 1 rings (SSSR count). The van der Waals surface area contributed by atoms with Gasteiger partial charge in [0.15, 0.2) is 0 Å². The molecule has 0 fully saturated rings. The molecule has 0 radical (unpaired) electrons. The number of carboxylic acids is 1. The van der Waals surface area contributed by atoms with Crippen molar-refractivity contribution in [3.8, 4) is 0 Å². The molecule has 0 aliphatic carbocycles. The Balaban J connectivity index is 2.86. The highest BCUT2D eigenvalue weighted by atomic mass is 16.6. The maximum Gasteiger partial charge on any atom is 0.326 e. The molecule has 7 heteroatoms. The van der Waals surface area contributed by atoms with Gasteiger partial charge in [-0.3, -0.25) is 14.9 Å². The number of carbonyl (C=O) groups is 2. The molecule has 0 heterocycles. The molecule has 96 valence electrons. The van der Waals surface area contributed by atoms with E-state index in [1.807, 2.05) is 0 Å². The standard InChI is InChI=1S/C11H12N2O5/c1-7(14)12-10(11(15)16)6-8-3-2-4-9(5-8)13(17)18/h2-5,10H,6H2,1H3,(H,12,14)(H,15,16)/t10-/m1/s1. The van der Waals surface area contributed by atoms with Crippen LogP contribution in [0.3, 0.4) is 0 Å². The topological polar surface area (TPSA) is 110 Å². The van der Waals surface area contributed by atoms with Gasteiger partial charge in [0.2, 0.25) is 5.91 Å². The van der Waals surface area contributed by atoms with Crippen molar-refractivity contribution in [2.45, 2.75) is 19.4 Å². The molecule has 0 bridgehead atoms. The number of nitrogens with zero attached hydrogens (tertiary/aromatic N) is 1. The van der Waals surface area contributed by atoms with Gasteiger partial charge < -0.3 is 10.4 Å². The lowest BCUT2D eigenvalue weighted by Crippen LogP contribution is -2.41. The second-order valence-corrected chi connectivity index (χ2v) is 3.72. The van der Waals surface area contributed by atoms with Crippen molar-refractivity contribution in [3.63, 3.8) is 0 Å². The zero-order chi connectivity index (χ0) is 13.7. The van der Waals surface area contributed by atoms with Crippen LogP contribution in [0.25, 0.3) is 0 Å². The molecular formula is C11H12N2O5. The summed E-state index contributed by atoms with van der Waals surface area (Å²) < 4.78 is 0. The minimum atomic E-state index is -1.18. The van der Waals surface area contributed by atoms with E-state index in [1.54, 1.807) is 6.07 Å². The summed E-state index contributed by atoms with van der Waals surface area (Å²) in [6.07, 6.45) is -0.00338. The van der Waals surface area contributed by atoms with Crippen LogP contribution in [-0.2, 0) is 16.0 Å². The van der Waals surface area contributed by atoms with Crippen LogP contribution in [0.4, 0.5) is 5.69 Å². The number of nitro benzene ring substituents is 1. The maximum atomic E-state index is 10.9. The molecule has 0 saturated carbocycles. The molecular weight excluding hydrogens is 240 g/mol. The SMILES string of the molecule is CC(=O)N[C@H](Cc1cccc([N+](=O)[O-])c1)C(=O)O. The first kappa shape index (κ1) is 13.6. The third-order valence-electron chi connectivity index (χ3n) is 2.24. The number of hydrogen-bond acceptors (Lipinski definition) is 4. The summed E-state index contributed by atoms with van der Waals surface area (Å²) in [5.41, 5.74) is 0.366. The van der Waals surface area contributed by atoms with Gasteiger partial charge in [0, 0.05) is 25.5 Å². The first-order valence-electron chi connectivity index (χ1n) is 5.13. The number of nitrogens with one attached hydrogen (secondary N) is 1. The van der Waals surface area contributed by atoms with E-state index in [0.29, 0.717) is 5.56 Å². The summed E-state index contributed by atoms with van der Waals surface area (Å²) in [5, 5.41) is 21.8. The van der Waals surface area contributed by atoms with Gasteiger partial charge in [0.25, 0.3) is 5.69 Å². The Morgan fingerprint density at radius 1 is 1.50 bits per heavy atom. The van der Waals surface area contributed by atoms with Crippen molar-refractivity contribution in [2.24, 2.45) is 0 Å². The molecule has 0 saturated heterocycles. The Labute approximate surface area is 103 Å². The van der Waals surface area contributed by atoms with Crippen LogP contribution in [0.15, 0.2) is 24.3 Å². The van der Waals surface area contributed by atoms with Gasteiger partial charge in [-0.05, 0) is 5.56 Å². The lowest BCUT2D eigenvalue weighted by Gasteiger charge is -2.12. The Hall–Kier alpha value is -2.44. The van der Waals surface area contributed by atoms with E-state index < -0.39 is 22.8 Å². The van der Waals surface area contributed by atoms with Crippen LogP contribution in [0.2, 0.25) is 0 Å². The van der Waals surface area contributed by atoms with Crippen molar-refractivity contribution in [1.82, 2.24) is 5.32 Å². The monoisotopic (exact) mass is 252 g/mol. The molecule has 0 spiro atoms. The molecule has 18 heavy (non-hydrogen) atoms. The summed E-state index contributed by atoms with van der Waals surface area (Å²) >= 11 is 0. The van der Waals surface area contributed by atoms with Crippen molar-refractivity contribution in [3.05, 3.63) is 39.9 Å². The van der Waals surface area contributed by atoms with Crippen LogP contribution in [0.5, 0.6) is 0 Å². The molecule has 1 atom stereocenters. The minimum absolute atomic E-state index is 0.00338. The Kier molecular flexibility index (Phi) is 4.36. The Morgan fingerprint density at radius 2 is 2.17 bits per heavy atom. The molecule has 0 aliphatic heterocycles. The van der Waals surface area contributed by atoms with Crippen LogP contribution >= 0.6 is 0 Å². The normalized spacial score (nSPS) is 11.6. The second-order valence-electron chi connectivity index (χ2n) is 3.72. The predicted octanol–water partition coefficient (Wildman–Crippen LogP) is 0.727. The van der Waals surface area contributed by atoms with E-state index >= 15 is 0 Å². The van der Waals surface area contributed by atoms with Gasteiger partial charge >= 0.3 is 5.97 Å². The third-order valence-corrected chi connectivity index (χ3v) is 2.24. The van der Waals surface area contributed by atoms with Crippen LogP contribution < -0.4 is 5.32 Å². The molecule has 1 aromatic rings. The van der Waals surface area contributed by atoms with Gasteiger partial charge in [-0.25, -0.2) is 4.79 Å². The van der Waals surface area contributed by atoms with Gasteiger partial charge in [0.05, 0.1) is 4.92 Å². The number of non-ortho nitro benzene ring substituents is 1. The zero-order valence-electron chi connectivity index (χ0n) is 9.62.